The summed E-state index contributed by atoms with van der Waals surface area (Å²) in [6.45, 7) is 1.37. The van der Waals surface area contributed by atoms with Gasteiger partial charge in [-0.1, -0.05) is 25.5 Å². The van der Waals surface area contributed by atoms with E-state index in [9.17, 15) is 53.1 Å². The van der Waals surface area contributed by atoms with Crippen LogP contribution in [0.15, 0.2) is 36.0 Å². The zero-order valence-electron chi connectivity index (χ0n) is 26.9. The summed E-state index contributed by atoms with van der Waals surface area (Å²) in [7, 11) is -11.4. The summed E-state index contributed by atoms with van der Waals surface area (Å²) in [6, 6.07) is 0. The van der Waals surface area contributed by atoms with Gasteiger partial charge < -0.3 is 34.4 Å². The van der Waals surface area contributed by atoms with Gasteiger partial charge in [0, 0.05) is 35.4 Å². The number of carbonyl (C=O) groups excluding carboxylic acids is 5. The Balaban J connectivity index is 1.19. The van der Waals surface area contributed by atoms with Gasteiger partial charge in [0.2, 0.25) is 5.91 Å². The van der Waals surface area contributed by atoms with Gasteiger partial charge in [-0.15, -0.1) is 0 Å². The van der Waals surface area contributed by atoms with Crippen molar-refractivity contribution in [1.82, 2.24) is 10.2 Å². The highest BCUT2D eigenvalue weighted by molar-refractivity contribution is 7.59. The minimum Gasteiger partial charge on any atom is -0.756 e. The van der Waals surface area contributed by atoms with Crippen LogP contribution < -0.4 is 15.1 Å². The Kier molecular flexibility index (Phi) is 9.81. The van der Waals surface area contributed by atoms with Crippen molar-refractivity contribution in [3.8, 4) is 0 Å². The monoisotopic (exact) mass is 730 g/mol. The average molecular weight is 731 g/mol. The van der Waals surface area contributed by atoms with Gasteiger partial charge in [-0.3, -0.25) is 38.0 Å². The molecule has 0 radical (unpaired) electrons. The van der Waals surface area contributed by atoms with Gasteiger partial charge in [-0.25, -0.2) is 8.70 Å². The predicted molar refractivity (Wildman–Crippen MR) is 160 cm³/mol. The van der Waals surface area contributed by atoms with Gasteiger partial charge in [-0.2, -0.15) is 0 Å². The Hall–Kier alpha value is -2.72. The van der Waals surface area contributed by atoms with Crippen LogP contribution in [0.4, 0.5) is 4.39 Å². The first kappa shape index (κ1) is 37.5. The van der Waals surface area contributed by atoms with E-state index in [0.29, 0.717) is 16.9 Å². The normalized spacial score (nSPS) is 39.1. The van der Waals surface area contributed by atoms with Crippen molar-refractivity contribution < 1.29 is 70.9 Å². The number of nitrogens with zero attached hydrogens (tertiary/aromatic N) is 1. The van der Waals surface area contributed by atoms with Gasteiger partial charge in [0.05, 0.1) is 12.7 Å². The fraction of sp³-hybridized carbons (Fsp3) is 0.633. The summed E-state index contributed by atoms with van der Waals surface area (Å²) in [6.07, 6.45) is 4.70. The van der Waals surface area contributed by atoms with E-state index < -0.39 is 111 Å². The molecule has 1 heterocycles. The maximum atomic E-state index is 17.3. The van der Waals surface area contributed by atoms with Gasteiger partial charge in [0.1, 0.15) is 18.8 Å². The number of amides is 3. The molecule has 16 nitrogen and oxygen atoms in total. The minimum atomic E-state index is -5.80. The molecule has 3 saturated carbocycles. The van der Waals surface area contributed by atoms with E-state index in [0.717, 1.165) is 12.2 Å². The fourth-order valence-electron chi connectivity index (χ4n) is 8.69. The van der Waals surface area contributed by atoms with Gasteiger partial charge in [-0.05, 0) is 56.6 Å². The Morgan fingerprint density at radius 3 is 2.37 bits per heavy atom. The Bertz CT molecular complexity index is 1650. The number of aliphatic hydroxyl groups excluding tert-OH is 1. The van der Waals surface area contributed by atoms with Crippen molar-refractivity contribution >= 4 is 44.9 Å². The molecule has 0 aromatic rings. The summed E-state index contributed by atoms with van der Waals surface area (Å²) in [5, 5.41) is 25.5. The number of Topliss-reactive ketones (excluding diaryl/α,β-unsaturated/α-hetero) is 1. The van der Waals surface area contributed by atoms with E-state index in [-0.39, 0.29) is 25.0 Å². The highest BCUT2D eigenvalue weighted by atomic mass is 31.3. The zero-order chi connectivity index (χ0) is 36.4. The highest BCUT2D eigenvalue weighted by Crippen LogP contribution is 2.71. The molecule has 4 aliphatic carbocycles. The average Bonchev–Trinajstić information content (AvgIpc) is 3.42. The summed E-state index contributed by atoms with van der Waals surface area (Å²) in [5.41, 5.74) is -6.75. The van der Waals surface area contributed by atoms with Crippen LogP contribution in [-0.2, 0) is 46.5 Å². The number of hydrogen-bond acceptors (Lipinski definition) is 14. The first-order valence-corrected chi connectivity index (χ1v) is 18.5. The van der Waals surface area contributed by atoms with Crippen LogP contribution in [0.3, 0.4) is 0 Å². The van der Waals surface area contributed by atoms with E-state index in [4.69, 9.17) is 0 Å². The fourth-order valence-corrected chi connectivity index (χ4v) is 10.6. The van der Waals surface area contributed by atoms with E-state index in [1.807, 2.05) is 0 Å². The lowest BCUT2D eigenvalue weighted by Gasteiger charge is -2.62. The highest BCUT2D eigenvalue weighted by Gasteiger charge is 2.75. The van der Waals surface area contributed by atoms with E-state index in [1.165, 1.54) is 32.1 Å². The molecule has 0 spiro atoms. The van der Waals surface area contributed by atoms with Gasteiger partial charge in [0.25, 0.3) is 27.5 Å². The second-order valence-electron chi connectivity index (χ2n) is 13.6. The molecule has 5 rings (SSSR count). The number of aliphatic hydroxyl groups is 2. The molecular weight excluding hydrogens is 693 g/mol. The molecule has 1 aliphatic heterocycles. The molecule has 3 N–H and O–H groups in total. The molecule has 3 fully saturated rings. The number of halogens is 1. The number of ketones is 2. The lowest BCUT2D eigenvalue weighted by molar-refractivity contribution is -0.245. The minimum absolute atomic E-state index is 0.146. The molecule has 0 aromatic carbocycles. The topological polar surface area (TPSA) is 249 Å². The van der Waals surface area contributed by atoms with Crippen molar-refractivity contribution in [2.45, 2.75) is 63.8 Å². The number of allylic oxidation sites excluding steroid dienone is 4. The van der Waals surface area contributed by atoms with Crippen molar-refractivity contribution in [3.05, 3.63) is 36.0 Å². The van der Waals surface area contributed by atoms with Crippen LogP contribution in [0.5, 0.6) is 0 Å². The van der Waals surface area contributed by atoms with Crippen molar-refractivity contribution in [1.29, 1.82) is 0 Å². The number of phosphoric ester groups is 2. The Labute approximate surface area is 280 Å². The molecule has 270 valence electrons. The number of phosphoric acid groups is 2. The Morgan fingerprint density at radius 2 is 1.71 bits per heavy atom. The van der Waals surface area contributed by atoms with Crippen molar-refractivity contribution in [2.24, 2.45) is 28.6 Å². The van der Waals surface area contributed by atoms with Gasteiger partial charge in [0.15, 0.2) is 17.2 Å². The van der Waals surface area contributed by atoms with Crippen LogP contribution in [-0.4, -0.2) is 88.1 Å². The molecule has 0 bridgehead atoms. The first-order chi connectivity index (χ1) is 22.6. The smallest absolute Gasteiger partial charge is 0.274 e. The summed E-state index contributed by atoms with van der Waals surface area (Å²) in [4.78, 5) is 85.7. The summed E-state index contributed by atoms with van der Waals surface area (Å²) >= 11 is 0. The van der Waals surface area contributed by atoms with Crippen LogP contribution in [0.2, 0.25) is 0 Å². The Morgan fingerprint density at radius 1 is 1.08 bits per heavy atom. The SMILES string of the molecule is C[C@@H]1C[C@H]2[C@@H]3CCC4=CC(=O)C=C[C@]4(C)[C@@]3(F)[C@@H](O)C[C@]2(C)[C@@]1(O)C(=O)COP(=O)([O-])OP(=O)([O-])OCCNC(=O)CN1C(=O)C=CC1=O. The third-order valence-electron chi connectivity index (χ3n) is 11.1. The number of nitrogens with one attached hydrogen (secondary N) is 1. The quantitative estimate of drug-likeness (QED) is 0.135. The molecule has 49 heavy (non-hydrogen) atoms. The molecule has 3 amide bonds. The summed E-state index contributed by atoms with van der Waals surface area (Å²) < 4.78 is 54.8. The molecular formula is C30H37FN2O14P2-2. The first-order valence-electron chi connectivity index (χ1n) is 15.6. The largest absolute Gasteiger partial charge is 0.756 e. The molecule has 10 atom stereocenters. The number of rotatable bonds is 12. The van der Waals surface area contributed by atoms with Crippen LogP contribution in [0.25, 0.3) is 0 Å². The third-order valence-corrected chi connectivity index (χ3v) is 13.6. The number of fused-ring (bicyclic) bond motifs is 5. The van der Waals surface area contributed by atoms with Crippen molar-refractivity contribution in [3.63, 3.8) is 0 Å². The molecule has 0 aromatic heterocycles. The van der Waals surface area contributed by atoms with E-state index >= 15 is 4.39 Å². The molecule has 19 heteroatoms. The van der Waals surface area contributed by atoms with Gasteiger partial charge >= 0.3 is 0 Å². The number of imide groups is 1. The van der Waals surface area contributed by atoms with Crippen LogP contribution >= 0.6 is 15.6 Å². The lowest BCUT2D eigenvalue weighted by Crippen LogP contribution is -2.69. The van der Waals surface area contributed by atoms with E-state index in [2.05, 4.69) is 18.7 Å². The standard InChI is InChI=1S/C30H39FN2O14P2/c1-17-12-21-20-5-4-18-13-19(34)8-9-27(18,2)29(20,31)22(35)14-28(21,3)30(17,40)23(36)16-46-49(43,44)47-48(41,42)45-11-10-32-24(37)15-33-25(38)6-7-26(33)39/h6-9,13,17,20-22,35,40H,4-5,10-12,14-16H2,1-3H3,(H,32,37)(H,41,42)(H,43,44)/p-2/t17-,20+,21+,22+,27+,28+,29+,30+/m1/s1. The molecule has 0 saturated heterocycles. The summed E-state index contributed by atoms with van der Waals surface area (Å²) in [5.74, 6) is -6.04. The van der Waals surface area contributed by atoms with E-state index in [1.54, 1.807) is 6.92 Å². The maximum Gasteiger partial charge on any atom is 0.274 e. The van der Waals surface area contributed by atoms with Crippen molar-refractivity contribution in [2.75, 3.05) is 26.3 Å². The number of alkyl halides is 1. The molecule has 5 aliphatic rings. The third kappa shape index (κ3) is 6.27. The van der Waals surface area contributed by atoms with Crippen LogP contribution in [0, 0.1) is 28.6 Å². The number of hydrogen-bond donors (Lipinski definition) is 3. The maximum absolute atomic E-state index is 17.3. The second-order valence-corrected chi connectivity index (χ2v) is 16.6. The predicted octanol–water partition coefficient (Wildman–Crippen LogP) is -0.0688. The molecule has 2 unspecified atom stereocenters. The lowest BCUT2D eigenvalue weighted by atomic mass is 9.44. The number of carbonyl (C=O) groups is 5. The van der Waals surface area contributed by atoms with Crippen LogP contribution in [0.1, 0.15) is 46.5 Å². The second kappa shape index (κ2) is 12.8. The zero-order valence-corrected chi connectivity index (χ0v) is 28.7.